The minimum Gasteiger partial charge on any atom is -0.373 e. The van der Waals surface area contributed by atoms with Gasteiger partial charge in [0.2, 0.25) is 5.91 Å². The first-order valence-electron chi connectivity index (χ1n) is 10.4. The highest BCUT2D eigenvalue weighted by Crippen LogP contribution is 2.32. The number of hydrogen-bond acceptors (Lipinski definition) is 5. The molecule has 1 aliphatic heterocycles. The lowest BCUT2D eigenvalue weighted by Gasteiger charge is -2.23. The van der Waals surface area contributed by atoms with Crippen LogP contribution in [0.3, 0.4) is 0 Å². The predicted molar refractivity (Wildman–Crippen MR) is 111 cm³/mol. The highest BCUT2D eigenvalue weighted by atomic mass is 19.1. The summed E-state index contributed by atoms with van der Waals surface area (Å²) >= 11 is 0. The molecule has 1 atom stereocenters. The van der Waals surface area contributed by atoms with Crippen LogP contribution in [0.2, 0.25) is 0 Å². The first-order chi connectivity index (χ1) is 14.0. The largest absolute Gasteiger partial charge is 0.373 e. The Kier molecular flexibility index (Phi) is 5.76. The quantitative estimate of drug-likeness (QED) is 0.808. The molecule has 1 aromatic heterocycles. The van der Waals surface area contributed by atoms with Crippen molar-refractivity contribution < 1.29 is 9.18 Å². The van der Waals surface area contributed by atoms with Crippen molar-refractivity contribution in [2.24, 2.45) is 0 Å². The van der Waals surface area contributed by atoms with Crippen molar-refractivity contribution in [3.05, 3.63) is 47.7 Å². The van der Waals surface area contributed by atoms with Crippen molar-refractivity contribution >= 4 is 17.4 Å². The van der Waals surface area contributed by atoms with Crippen LogP contribution in [0.5, 0.6) is 0 Å². The third kappa shape index (κ3) is 4.40. The second kappa shape index (κ2) is 8.45. The zero-order chi connectivity index (χ0) is 20.4. The number of hydrogen-bond donors (Lipinski definition) is 1. The highest BCUT2D eigenvalue weighted by Gasteiger charge is 2.33. The summed E-state index contributed by atoms with van der Waals surface area (Å²) in [5.74, 6) is 1.29. The van der Waals surface area contributed by atoms with Crippen LogP contribution < -0.4 is 10.2 Å². The van der Waals surface area contributed by atoms with Gasteiger partial charge in [-0.2, -0.15) is 0 Å². The molecule has 7 heteroatoms. The van der Waals surface area contributed by atoms with E-state index in [0.29, 0.717) is 25.6 Å². The van der Waals surface area contributed by atoms with Crippen LogP contribution in [0.15, 0.2) is 30.3 Å². The summed E-state index contributed by atoms with van der Waals surface area (Å²) in [4.78, 5) is 26.1. The summed E-state index contributed by atoms with van der Waals surface area (Å²) in [5.41, 5.74) is 1.61. The molecular formula is C22H28FN5O. The molecular weight excluding hydrogens is 369 g/mol. The van der Waals surface area contributed by atoms with Crippen molar-refractivity contribution in [1.29, 1.82) is 0 Å². The summed E-state index contributed by atoms with van der Waals surface area (Å²) in [6.45, 7) is 1.25. The molecule has 4 rings (SSSR count). The minimum absolute atomic E-state index is 0.00168. The molecule has 0 spiro atoms. The molecule has 1 saturated carbocycles. The Morgan fingerprint density at radius 3 is 2.62 bits per heavy atom. The first kappa shape index (κ1) is 19.8. The Bertz CT molecular complexity index is 866. The standard InChI is InChI=1S/C22H28FN5O/c1-24-20-12-19(25-21(26-20)14-27(2)17-5-3-4-6-17)15-11-22(29)28(13-15)18-9-7-16(23)8-10-18/h7-10,12,15,17H,3-6,11,13-14H2,1-2H3,(H,24,25,26)/t15-/m0/s1. The van der Waals surface area contributed by atoms with Crippen molar-refractivity contribution in [2.75, 3.05) is 30.9 Å². The molecule has 0 bridgehead atoms. The highest BCUT2D eigenvalue weighted by molar-refractivity contribution is 5.96. The summed E-state index contributed by atoms with van der Waals surface area (Å²) in [5, 5.41) is 3.12. The number of rotatable bonds is 6. The Labute approximate surface area is 171 Å². The number of aromatic nitrogens is 2. The molecule has 2 heterocycles. The third-order valence-electron chi connectivity index (χ3n) is 6.07. The number of anilines is 2. The van der Waals surface area contributed by atoms with E-state index in [0.717, 1.165) is 23.0 Å². The van der Waals surface area contributed by atoms with E-state index in [1.165, 1.54) is 37.8 Å². The van der Waals surface area contributed by atoms with Crippen LogP contribution in [0.1, 0.15) is 49.5 Å². The van der Waals surface area contributed by atoms with Gasteiger partial charge in [0.15, 0.2) is 0 Å². The number of benzene rings is 1. The van der Waals surface area contributed by atoms with Gasteiger partial charge in [-0.05, 0) is 44.2 Å². The van der Waals surface area contributed by atoms with Gasteiger partial charge in [-0.15, -0.1) is 0 Å². The van der Waals surface area contributed by atoms with E-state index in [9.17, 15) is 9.18 Å². The molecule has 0 radical (unpaired) electrons. The zero-order valence-corrected chi connectivity index (χ0v) is 17.1. The topological polar surface area (TPSA) is 61.4 Å². The van der Waals surface area contributed by atoms with E-state index in [2.05, 4.69) is 22.2 Å². The fraction of sp³-hybridized carbons (Fsp3) is 0.500. The molecule has 2 aliphatic rings. The van der Waals surface area contributed by atoms with Crippen molar-refractivity contribution in [3.63, 3.8) is 0 Å². The Morgan fingerprint density at radius 1 is 1.21 bits per heavy atom. The molecule has 154 valence electrons. The fourth-order valence-corrected chi connectivity index (χ4v) is 4.40. The van der Waals surface area contributed by atoms with E-state index in [4.69, 9.17) is 4.98 Å². The second-order valence-electron chi connectivity index (χ2n) is 8.08. The number of carbonyl (C=O) groups is 1. The first-order valence-corrected chi connectivity index (χ1v) is 10.4. The van der Waals surface area contributed by atoms with E-state index >= 15 is 0 Å². The molecule has 1 saturated heterocycles. The van der Waals surface area contributed by atoms with Crippen LogP contribution in [0.25, 0.3) is 0 Å². The van der Waals surface area contributed by atoms with Crippen LogP contribution in [0.4, 0.5) is 15.9 Å². The predicted octanol–water partition coefficient (Wildman–Crippen LogP) is 3.55. The van der Waals surface area contributed by atoms with Gasteiger partial charge in [0, 0.05) is 43.7 Å². The molecule has 6 nitrogen and oxygen atoms in total. The number of carbonyl (C=O) groups excluding carboxylic acids is 1. The fourth-order valence-electron chi connectivity index (χ4n) is 4.40. The summed E-state index contributed by atoms with van der Waals surface area (Å²) in [6, 6.07) is 8.61. The zero-order valence-electron chi connectivity index (χ0n) is 17.1. The SMILES string of the molecule is CNc1cc([C@H]2CC(=O)N(c3ccc(F)cc3)C2)nc(CN(C)C2CCCC2)n1. The van der Waals surface area contributed by atoms with Gasteiger partial charge in [0.05, 0.1) is 12.2 Å². The Morgan fingerprint density at radius 2 is 1.93 bits per heavy atom. The summed E-state index contributed by atoms with van der Waals surface area (Å²) in [7, 11) is 3.99. The summed E-state index contributed by atoms with van der Waals surface area (Å²) < 4.78 is 13.2. The molecule has 29 heavy (non-hydrogen) atoms. The maximum atomic E-state index is 13.2. The van der Waals surface area contributed by atoms with Crippen molar-refractivity contribution in [2.45, 2.75) is 50.6 Å². The Balaban J connectivity index is 1.53. The van der Waals surface area contributed by atoms with Crippen molar-refractivity contribution in [3.8, 4) is 0 Å². The third-order valence-corrected chi connectivity index (χ3v) is 6.07. The maximum Gasteiger partial charge on any atom is 0.227 e. The summed E-state index contributed by atoms with van der Waals surface area (Å²) in [6.07, 6.45) is 5.45. The van der Waals surface area contributed by atoms with Gasteiger partial charge in [-0.1, -0.05) is 12.8 Å². The maximum absolute atomic E-state index is 13.2. The molecule has 2 fully saturated rings. The smallest absolute Gasteiger partial charge is 0.227 e. The second-order valence-corrected chi connectivity index (χ2v) is 8.08. The van der Waals surface area contributed by atoms with Crippen molar-refractivity contribution in [1.82, 2.24) is 14.9 Å². The number of nitrogens with one attached hydrogen (secondary N) is 1. The van der Waals surface area contributed by atoms with E-state index in [1.54, 1.807) is 17.0 Å². The molecule has 0 unspecified atom stereocenters. The van der Waals surface area contributed by atoms with Crippen LogP contribution in [-0.2, 0) is 11.3 Å². The molecule has 2 aromatic rings. The number of amides is 1. The van der Waals surface area contributed by atoms with Gasteiger partial charge >= 0.3 is 0 Å². The van der Waals surface area contributed by atoms with Gasteiger partial charge in [-0.25, -0.2) is 14.4 Å². The van der Waals surface area contributed by atoms with Crippen LogP contribution in [-0.4, -0.2) is 47.5 Å². The Hall–Kier alpha value is -2.54. The van der Waals surface area contributed by atoms with Gasteiger partial charge < -0.3 is 10.2 Å². The van der Waals surface area contributed by atoms with E-state index in [1.807, 2.05) is 13.1 Å². The molecule has 1 amide bonds. The monoisotopic (exact) mass is 397 g/mol. The van der Waals surface area contributed by atoms with E-state index < -0.39 is 0 Å². The lowest BCUT2D eigenvalue weighted by atomic mass is 10.0. The van der Waals surface area contributed by atoms with Gasteiger partial charge in [-0.3, -0.25) is 9.69 Å². The van der Waals surface area contributed by atoms with Gasteiger partial charge in [0.25, 0.3) is 0 Å². The molecule has 1 aromatic carbocycles. The van der Waals surface area contributed by atoms with Crippen LogP contribution >= 0.6 is 0 Å². The lowest BCUT2D eigenvalue weighted by Crippen LogP contribution is -2.29. The average Bonchev–Trinajstić information content (AvgIpc) is 3.38. The average molecular weight is 397 g/mol. The molecule has 1 N–H and O–H groups in total. The normalized spacial score (nSPS) is 20.1. The molecule has 1 aliphatic carbocycles. The van der Waals surface area contributed by atoms with E-state index in [-0.39, 0.29) is 17.6 Å². The van der Waals surface area contributed by atoms with Gasteiger partial charge in [0.1, 0.15) is 17.5 Å². The lowest BCUT2D eigenvalue weighted by molar-refractivity contribution is -0.117. The number of halogens is 1. The number of nitrogens with zero attached hydrogens (tertiary/aromatic N) is 4. The minimum atomic E-state index is -0.303. The van der Waals surface area contributed by atoms with Crippen LogP contribution in [0, 0.1) is 5.82 Å².